The molecular formula is C22H21NO3. The van der Waals surface area contributed by atoms with Gasteiger partial charge in [-0.05, 0) is 24.5 Å². The summed E-state index contributed by atoms with van der Waals surface area (Å²) in [5.74, 6) is -1.17. The molecule has 4 heteroatoms. The van der Waals surface area contributed by atoms with E-state index in [1.54, 1.807) is 0 Å². The third-order valence-electron chi connectivity index (χ3n) is 4.52. The zero-order valence-corrected chi connectivity index (χ0v) is 14.7. The van der Waals surface area contributed by atoms with E-state index in [-0.39, 0.29) is 5.56 Å². The van der Waals surface area contributed by atoms with Crippen molar-refractivity contribution >= 4 is 5.97 Å². The summed E-state index contributed by atoms with van der Waals surface area (Å²) in [5, 5.41) is 9.61. The second-order valence-electron chi connectivity index (χ2n) is 6.33. The van der Waals surface area contributed by atoms with Gasteiger partial charge in [-0.2, -0.15) is 0 Å². The van der Waals surface area contributed by atoms with Crippen LogP contribution < -0.4 is 5.43 Å². The smallest absolute Gasteiger partial charge is 0.341 e. The number of carboxylic acids is 1. The summed E-state index contributed by atoms with van der Waals surface area (Å²) >= 11 is 0. The van der Waals surface area contributed by atoms with Gasteiger partial charge in [-0.25, -0.2) is 4.79 Å². The number of carbonyl (C=O) groups is 1. The average Bonchev–Trinajstić information content (AvgIpc) is 2.62. The van der Waals surface area contributed by atoms with Gasteiger partial charge in [-0.3, -0.25) is 4.79 Å². The lowest BCUT2D eigenvalue weighted by molar-refractivity contribution is 0.0693. The van der Waals surface area contributed by atoms with Crippen LogP contribution in [0.1, 0.15) is 32.9 Å². The van der Waals surface area contributed by atoms with E-state index in [1.165, 1.54) is 11.6 Å². The molecule has 0 unspecified atom stereocenters. The van der Waals surface area contributed by atoms with E-state index >= 15 is 0 Å². The Hall–Kier alpha value is -3.14. The van der Waals surface area contributed by atoms with Crippen LogP contribution >= 0.6 is 0 Å². The summed E-state index contributed by atoms with van der Waals surface area (Å²) in [7, 11) is 0. The monoisotopic (exact) mass is 347 g/mol. The second-order valence-corrected chi connectivity index (χ2v) is 6.33. The number of rotatable bonds is 6. The van der Waals surface area contributed by atoms with E-state index in [0.717, 1.165) is 17.7 Å². The Kier molecular flexibility index (Phi) is 5.32. The van der Waals surface area contributed by atoms with Crippen LogP contribution in [0.2, 0.25) is 0 Å². The van der Waals surface area contributed by atoms with Crippen LogP contribution in [0, 0.1) is 6.92 Å². The van der Waals surface area contributed by atoms with Gasteiger partial charge in [0.05, 0.1) is 0 Å². The molecule has 0 aliphatic rings. The first kappa shape index (κ1) is 17.7. The van der Waals surface area contributed by atoms with Crippen molar-refractivity contribution in [2.24, 2.45) is 0 Å². The van der Waals surface area contributed by atoms with Gasteiger partial charge in [-0.15, -0.1) is 0 Å². The zero-order valence-electron chi connectivity index (χ0n) is 14.7. The van der Waals surface area contributed by atoms with Gasteiger partial charge in [0.25, 0.3) is 0 Å². The van der Waals surface area contributed by atoms with Gasteiger partial charge >= 0.3 is 5.97 Å². The first-order valence-corrected chi connectivity index (χ1v) is 8.60. The van der Waals surface area contributed by atoms with E-state index in [2.05, 4.69) is 0 Å². The SMILES string of the molecule is Cc1cc(=O)c(C(=O)O)c(Cc2ccccc2)n1CCc1ccccc1. The summed E-state index contributed by atoms with van der Waals surface area (Å²) < 4.78 is 1.96. The molecule has 2 aromatic carbocycles. The largest absolute Gasteiger partial charge is 0.477 e. The molecule has 0 spiro atoms. The van der Waals surface area contributed by atoms with Crippen molar-refractivity contribution in [1.29, 1.82) is 0 Å². The van der Waals surface area contributed by atoms with Gasteiger partial charge in [0.1, 0.15) is 5.56 Å². The van der Waals surface area contributed by atoms with Crippen molar-refractivity contribution in [1.82, 2.24) is 4.57 Å². The fraction of sp³-hybridized carbons (Fsp3) is 0.182. The van der Waals surface area contributed by atoms with Crippen molar-refractivity contribution in [3.8, 4) is 0 Å². The summed E-state index contributed by atoms with van der Waals surface area (Å²) in [4.78, 5) is 24.1. The van der Waals surface area contributed by atoms with E-state index < -0.39 is 11.4 Å². The molecule has 0 aliphatic carbocycles. The molecule has 0 saturated heterocycles. The highest BCUT2D eigenvalue weighted by molar-refractivity contribution is 5.89. The standard InChI is InChI=1S/C22H21NO3/c1-16-14-20(24)21(22(25)26)19(15-18-10-6-3-7-11-18)23(16)13-12-17-8-4-2-5-9-17/h2-11,14H,12-13,15H2,1H3,(H,25,26). The van der Waals surface area contributed by atoms with Gasteiger partial charge in [0.15, 0.2) is 5.43 Å². The summed E-state index contributed by atoms with van der Waals surface area (Å²) in [6.45, 7) is 2.48. The predicted octanol–water partition coefficient (Wildman–Crippen LogP) is 3.69. The molecule has 3 aromatic rings. The van der Waals surface area contributed by atoms with Crippen molar-refractivity contribution in [3.05, 3.63) is 105 Å². The average molecular weight is 347 g/mol. The van der Waals surface area contributed by atoms with Gasteiger partial charge in [-0.1, -0.05) is 60.7 Å². The van der Waals surface area contributed by atoms with Crippen LogP contribution in [0.5, 0.6) is 0 Å². The number of aryl methyl sites for hydroxylation is 2. The van der Waals surface area contributed by atoms with Crippen LogP contribution in [-0.4, -0.2) is 15.6 Å². The minimum Gasteiger partial charge on any atom is -0.477 e. The highest BCUT2D eigenvalue weighted by Crippen LogP contribution is 2.16. The molecule has 0 atom stereocenters. The summed E-state index contributed by atoms with van der Waals surface area (Å²) in [6.07, 6.45) is 1.18. The zero-order chi connectivity index (χ0) is 18.5. The lowest BCUT2D eigenvalue weighted by Gasteiger charge is -2.19. The molecule has 0 bridgehead atoms. The molecule has 0 amide bonds. The molecule has 0 fully saturated rings. The number of hydrogen-bond acceptors (Lipinski definition) is 2. The Bertz CT molecular complexity index is 960. The van der Waals surface area contributed by atoms with Crippen molar-refractivity contribution in [3.63, 3.8) is 0 Å². The van der Waals surface area contributed by atoms with Gasteiger partial charge in [0.2, 0.25) is 0 Å². The number of hydrogen-bond donors (Lipinski definition) is 1. The number of nitrogens with zero attached hydrogens (tertiary/aromatic N) is 1. The highest BCUT2D eigenvalue weighted by atomic mass is 16.4. The minimum atomic E-state index is -1.17. The number of aromatic carboxylic acids is 1. The molecular weight excluding hydrogens is 326 g/mol. The molecule has 0 saturated carbocycles. The first-order chi connectivity index (χ1) is 12.6. The van der Waals surface area contributed by atoms with Crippen LogP contribution in [0.15, 0.2) is 71.5 Å². The van der Waals surface area contributed by atoms with Crippen molar-refractivity contribution in [2.45, 2.75) is 26.3 Å². The molecule has 132 valence electrons. The maximum Gasteiger partial charge on any atom is 0.341 e. The fourth-order valence-corrected chi connectivity index (χ4v) is 3.23. The normalized spacial score (nSPS) is 10.7. The van der Waals surface area contributed by atoms with E-state index in [0.29, 0.717) is 18.7 Å². The van der Waals surface area contributed by atoms with Crippen molar-refractivity contribution in [2.75, 3.05) is 0 Å². The Morgan fingerprint density at radius 1 is 0.962 bits per heavy atom. The van der Waals surface area contributed by atoms with E-state index in [9.17, 15) is 14.7 Å². The quantitative estimate of drug-likeness (QED) is 0.740. The maximum absolute atomic E-state index is 12.3. The highest BCUT2D eigenvalue weighted by Gasteiger charge is 2.19. The third-order valence-corrected chi connectivity index (χ3v) is 4.52. The molecule has 3 rings (SSSR count). The Morgan fingerprint density at radius 2 is 1.54 bits per heavy atom. The van der Waals surface area contributed by atoms with E-state index in [1.807, 2.05) is 72.2 Å². The van der Waals surface area contributed by atoms with Crippen molar-refractivity contribution < 1.29 is 9.90 Å². The summed E-state index contributed by atoms with van der Waals surface area (Å²) in [5.41, 5.74) is 2.93. The molecule has 1 N–H and O–H groups in total. The van der Waals surface area contributed by atoms with Crippen LogP contribution in [0.25, 0.3) is 0 Å². The topological polar surface area (TPSA) is 59.3 Å². The third kappa shape index (κ3) is 3.91. The minimum absolute atomic E-state index is 0.132. The molecule has 4 nitrogen and oxygen atoms in total. The fourth-order valence-electron chi connectivity index (χ4n) is 3.23. The number of pyridine rings is 1. The lowest BCUT2D eigenvalue weighted by atomic mass is 10.0. The van der Waals surface area contributed by atoms with Crippen LogP contribution in [-0.2, 0) is 19.4 Å². The van der Waals surface area contributed by atoms with E-state index in [4.69, 9.17) is 0 Å². The second kappa shape index (κ2) is 7.83. The van der Waals surface area contributed by atoms with Crippen LogP contribution in [0.4, 0.5) is 0 Å². The number of carboxylic acid groups (broad SMARTS) is 1. The van der Waals surface area contributed by atoms with Gasteiger partial charge in [0, 0.05) is 30.4 Å². The molecule has 26 heavy (non-hydrogen) atoms. The van der Waals surface area contributed by atoms with Gasteiger partial charge < -0.3 is 9.67 Å². The Labute approximate surface area is 152 Å². The molecule has 0 radical (unpaired) electrons. The lowest BCUT2D eigenvalue weighted by Crippen LogP contribution is -2.25. The first-order valence-electron chi connectivity index (χ1n) is 8.60. The predicted molar refractivity (Wildman–Crippen MR) is 102 cm³/mol. The molecule has 1 aromatic heterocycles. The summed E-state index contributed by atoms with van der Waals surface area (Å²) in [6, 6.07) is 21.1. The van der Waals surface area contributed by atoms with Crippen LogP contribution in [0.3, 0.4) is 0 Å². The molecule has 1 heterocycles. The number of aromatic nitrogens is 1. The Balaban J connectivity index is 2.05. The number of benzene rings is 2. The Morgan fingerprint density at radius 3 is 2.12 bits per heavy atom. The molecule has 0 aliphatic heterocycles. The maximum atomic E-state index is 12.3.